The van der Waals surface area contributed by atoms with E-state index in [1.54, 1.807) is 31.2 Å². The zero-order valence-corrected chi connectivity index (χ0v) is 13.7. The first kappa shape index (κ1) is 15.0. The number of hydrogen-bond donors (Lipinski definition) is 0. The van der Waals surface area contributed by atoms with Crippen molar-refractivity contribution in [2.75, 3.05) is 0 Å². The maximum absolute atomic E-state index is 12.6. The Labute approximate surface area is 128 Å². The second-order valence-electron chi connectivity index (χ2n) is 4.55. The van der Waals surface area contributed by atoms with Crippen LogP contribution in [-0.2, 0) is 9.84 Å². The number of sulfone groups is 1. The summed E-state index contributed by atoms with van der Waals surface area (Å²) < 4.78 is 25.7. The molecular weight excluding hydrogens is 336 g/mol. The number of benzene rings is 2. The third-order valence-corrected chi connectivity index (χ3v) is 6.29. The lowest BCUT2D eigenvalue weighted by Crippen LogP contribution is -2.03. The van der Waals surface area contributed by atoms with Crippen molar-refractivity contribution in [3.8, 4) is 0 Å². The van der Waals surface area contributed by atoms with Crippen molar-refractivity contribution in [2.24, 2.45) is 0 Å². The number of hydrogen-bond acceptors (Lipinski definition) is 2. The van der Waals surface area contributed by atoms with Crippen molar-refractivity contribution in [2.45, 2.75) is 18.7 Å². The minimum atomic E-state index is -3.47. The van der Waals surface area contributed by atoms with Crippen LogP contribution in [0.15, 0.2) is 64.4 Å². The van der Waals surface area contributed by atoms with Crippen LogP contribution in [0.4, 0.5) is 0 Å². The highest BCUT2D eigenvalue weighted by molar-refractivity contribution is 9.15. The van der Waals surface area contributed by atoms with E-state index in [1.807, 2.05) is 37.3 Å². The van der Waals surface area contributed by atoms with Gasteiger partial charge >= 0.3 is 0 Å². The van der Waals surface area contributed by atoms with Crippen LogP contribution >= 0.6 is 15.9 Å². The summed E-state index contributed by atoms with van der Waals surface area (Å²) in [5, 5.41) is 0. The SMILES string of the molecule is C/C(=C(\Br)c1ccccc1)S(=O)(=O)c1ccc(C)cc1. The van der Waals surface area contributed by atoms with Crippen LogP contribution in [0.1, 0.15) is 18.1 Å². The Morgan fingerprint density at radius 2 is 1.50 bits per heavy atom. The largest absolute Gasteiger partial charge is 0.219 e. The molecule has 2 aromatic carbocycles. The molecule has 0 saturated carbocycles. The van der Waals surface area contributed by atoms with Gasteiger partial charge in [0.1, 0.15) is 0 Å². The second-order valence-corrected chi connectivity index (χ2v) is 7.44. The first-order valence-corrected chi connectivity index (χ1v) is 8.44. The highest BCUT2D eigenvalue weighted by atomic mass is 79.9. The maximum atomic E-state index is 12.6. The Bertz CT molecular complexity index is 730. The van der Waals surface area contributed by atoms with Crippen LogP contribution in [0.5, 0.6) is 0 Å². The summed E-state index contributed by atoms with van der Waals surface area (Å²) in [4.78, 5) is 0.626. The molecular formula is C16H15BrO2S. The number of halogens is 1. The summed E-state index contributed by atoms with van der Waals surface area (Å²) in [5.74, 6) is 0. The zero-order valence-electron chi connectivity index (χ0n) is 11.3. The van der Waals surface area contributed by atoms with Crippen LogP contribution in [0.2, 0.25) is 0 Å². The lowest BCUT2D eigenvalue weighted by molar-refractivity contribution is 0.602. The van der Waals surface area contributed by atoms with Crippen LogP contribution < -0.4 is 0 Å². The average Bonchev–Trinajstić information content (AvgIpc) is 2.47. The topological polar surface area (TPSA) is 34.1 Å². The molecule has 20 heavy (non-hydrogen) atoms. The molecule has 0 unspecified atom stereocenters. The molecule has 0 aliphatic heterocycles. The van der Waals surface area contributed by atoms with Crippen LogP contribution in [0.25, 0.3) is 4.48 Å². The molecule has 2 nitrogen and oxygen atoms in total. The van der Waals surface area contributed by atoms with E-state index in [0.29, 0.717) is 14.3 Å². The van der Waals surface area contributed by atoms with E-state index < -0.39 is 9.84 Å². The Morgan fingerprint density at radius 1 is 0.950 bits per heavy atom. The van der Waals surface area contributed by atoms with Gasteiger partial charge in [0.2, 0.25) is 9.84 Å². The monoisotopic (exact) mass is 350 g/mol. The van der Waals surface area contributed by atoms with Gasteiger partial charge < -0.3 is 0 Å². The predicted molar refractivity (Wildman–Crippen MR) is 86.3 cm³/mol. The minimum Gasteiger partial charge on any atom is -0.219 e. The molecule has 0 saturated heterocycles. The number of allylic oxidation sites excluding steroid dienone is 1. The van der Waals surface area contributed by atoms with E-state index in [9.17, 15) is 8.42 Å². The fourth-order valence-corrected chi connectivity index (χ4v) is 3.91. The third kappa shape index (κ3) is 3.02. The molecule has 0 aliphatic carbocycles. The Kier molecular flexibility index (Phi) is 4.45. The summed E-state index contributed by atoms with van der Waals surface area (Å²) in [6.45, 7) is 3.55. The van der Waals surface area contributed by atoms with E-state index in [1.165, 1.54) is 0 Å². The fraction of sp³-hybridized carbons (Fsp3) is 0.125. The summed E-state index contributed by atoms with van der Waals surface area (Å²) in [6.07, 6.45) is 0. The molecule has 0 spiro atoms. The lowest BCUT2D eigenvalue weighted by Gasteiger charge is -2.09. The van der Waals surface area contributed by atoms with Gasteiger partial charge in [0.05, 0.1) is 9.80 Å². The molecule has 104 valence electrons. The van der Waals surface area contributed by atoms with Gasteiger partial charge in [0.15, 0.2) is 0 Å². The van der Waals surface area contributed by atoms with Gasteiger partial charge in [0.25, 0.3) is 0 Å². The first-order chi connectivity index (χ1) is 9.43. The van der Waals surface area contributed by atoms with E-state index in [-0.39, 0.29) is 0 Å². The number of rotatable bonds is 3. The molecule has 0 aromatic heterocycles. The summed E-state index contributed by atoms with van der Waals surface area (Å²) in [7, 11) is -3.47. The van der Waals surface area contributed by atoms with Crippen molar-refractivity contribution in [1.29, 1.82) is 0 Å². The smallest absolute Gasteiger partial charge is 0.203 e. The van der Waals surface area contributed by atoms with Gasteiger partial charge in [-0.3, -0.25) is 0 Å². The Morgan fingerprint density at radius 3 is 2.05 bits per heavy atom. The molecule has 0 amide bonds. The fourth-order valence-electron chi connectivity index (χ4n) is 1.80. The highest BCUT2D eigenvalue weighted by Crippen LogP contribution is 2.31. The highest BCUT2D eigenvalue weighted by Gasteiger charge is 2.20. The van der Waals surface area contributed by atoms with Crippen LogP contribution in [-0.4, -0.2) is 8.42 Å². The molecule has 4 heteroatoms. The van der Waals surface area contributed by atoms with Gasteiger partial charge in [-0.1, -0.05) is 48.0 Å². The van der Waals surface area contributed by atoms with Crippen molar-refractivity contribution < 1.29 is 8.42 Å². The van der Waals surface area contributed by atoms with Gasteiger partial charge in [0, 0.05) is 4.48 Å². The molecule has 0 atom stereocenters. The van der Waals surface area contributed by atoms with Crippen molar-refractivity contribution >= 4 is 30.2 Å². The average molecular weight is 351 g/mol. The van der Waals surface area contributed by atoms with E-state index in [2.05, 4.69) is 15.9 Å². The molecule has 0 fully saturated rings. The van der Waals surface area contributed by atoms with Crippen molar-refractivity contribution in [3.63, 3.8) is 0 Å². The maximum Gasteiger partial charge on any atom is 0.203 e. The predicted octanol–water partition coefficient (Wildman–Crippen LogP) is 4.55. The molecule has 0 heterocycles. The molecule has 0 aliphatic rings. The normalized spacial score (nSPS) is 12.9. The van der Waals surface area contributed by atoms with Gasteiger partial charge in [-0.05, 0) is 47.5 Å². The van der Waals surface area contributed by atoms with E-state index in [4.69, 9.17) is 0 Å². The Hall–Kier alpha value is -1.39. The van der Waals surface area contributed by atoms with Crippen LogP contribution in [0, 0.1) is 6.92 Å². The van der Waals surface area contributed by atoms with Gasteiger partial charge in [-0.25, -0.2) is 8.42 Å². The standard InChI is InChI=1S/C16H15BrO2S/c1-12-8-10-15(11-9-12)20(18,19)13(2)16(17)14-6-4-3-5-7-14/h3-11H,1-2H3/b16-13+. The van der Waals surface area contributed by atoms with Gasteiger partial charge in [-0.2, -0.15) is 0 Å². The number of aryl methyl sites for hydroxylation is 1. The molecule has 0 N–H and O–H groups in total. The van der Waals surface area contributed by atoms with Crippen molar-refractivity contribution in [1.82, 2.24) is 0 Å². The van der Waals surface area contributed by atoms with Crippen molar-refractivity contribution in [3.05, 3.63) is 70.6 Å². The molecule has 2 aromatic rings. The molecule has 0 bridgehead atoms. The van der Waals surface area contributed by atoms with E-state index >= 15 is 0 Å². The second kappa shape index (κ2) is 5.94. The molecule has 0 radical (unpaired) electrons. The van der Waals surface area contributed by atoms with E-state index in [0.717, 1.165) is 11.1 Å². The lowest BCUT2D eigenvalue weighted by atomic mass is 10.2. The zero-order chi connectivity index (χ0) is 14.8. The van der Waals surface area contributed by atoms with Crippen LogP contribution in [0.3, 0.4) is 0 Å². The quantitative estimate of drug-likeness (QED) is 0.813. The Balaban J connectivity index is 2.51. The molecule has 2 rings (SSSR count). The summed E-state index contributed by atoms with van der Waals surface area (Å²) in [5.41, 5.74) is 1.88. The minimum absolute atomic E-state index is 0.313. The van der Waals surface area contributed by atoms with Gasteiger partial charge in [-0.15, -0.1) is 0 Å². The first-order valence-electron chi connectivity index (χ1n) is 6.16. The summed E-state index contributed by atoms with van der Waals surface area (Å²) in [6, 6.07) is 16.3. The summed E-state index contributed by atoms with van der Waals surface area (Å²) >= 11 is 3.40. The third-order valence-electron chi connectivity index (χ3n) is 3.07.